The van der Waals surface area contributed by atoms with Crippen LogP contribution in [0.3, 0.4) is 0 Å². The van der Waals surface area contributed by atoms with Gasteiger partial charge in [-0.15, -0.1) is 0 Å². The van der Waals surface area contributed by atoms with Crippen molar-refractivity contribution in [2.75, 3.05) is 5.32 Å². The van der Waals surface area contributed by atoms with Crippen molar-refractivity contribution in [1.29, 1.82) is 0 Å². The van der Waals surface area contributed by atoms with E-state index in [0.717, 1.165) is 22.0 Å². The van der Waals surface area contributed by atoms with E-state index in [4.69, 9.17) is 4.98 Å². The number of nitrogens with one attached hydrogen (secondary N) is 4. The molecule has 4 heterocycles. The molecule has 0 saturated carbocycles. The molecule has 0 aliphatic rings. The van der Waals surface area contributed by atoms with E-state index < -0.39 is 23.1 Å². The SMILES string of the molecule is CC(C)CC(=O)Nc1cncc(-c2ccc3[nH]nc(-c4nc5c(-c6cc(F)cc(C(C)NS(=O)O)c6)cncc5[nH]4)c3c2)c1. The fraction of sp³-hybridized carbons (Fsp3) is 0.194. The molecular formula is C31H29FN8O3S. The van der Waals surface area contributed by atoms with Crippen LogP contribution in [-0.2, 0) is 16.1 Å². The van der Waals surface area contributed by atoms with Crippen molar-refractivity contribution in [3.8, 4) is 33.8 Å². The molecule has 2 unspecified atom stereocenters. The molecule has 6 rings (SSSR count). The number of nitrogens with zero attached hydrogens (tertiary/aromatic N) is 4. The second kappa shape index (κ2) is 12.0. The van der Waals surface area contributed by atoms with Crippen molar-refractivity contribution < 1.29 is 17.9 Å². The van der Waals surface area contributed by atoms with Gasteiger partial charge in [-0.1, -0.05) is 19.9 Å². The fourth-order valence-electron chi connectivity index (χ4n) is 5.12. The summed E-state index contributed by atoms with van der Waals surface area (Å²) < 4.78 is 37.6. The molecule has 4 aromatic heterocycles. The van der Waals surface area contributed by atoms with E-state index in [1.165, 1.54) is 12.1 Å². The highest BCUT2D eigenvalue weighted by Crippen LogP contribution is 2.34. The summed E-state index contributed by atoms with van der Waals surface area (Å²) in [5, 5.41) is 11.3. The third-order valence-electron chi connectivity index (χ3n) is 7.14. The molecule has 1 amide bonds. The van der Waals surface area contributed by atoms with Gasteiger partial charge in [0.2, 0.25) is 17.2 Å². The lowest BCUT2D eigenvalue weighted by atomic mass is 10.0. The second-order valence-corrected chi connectivity index (χ2v) is 11.7. The van der Waals surface area contributed by atoms with Crippen LogP contribution in [0.1, 0.15) is 38.8 Å². The number of rotatable bonds is 9. The number of benzene rings is 2. The molecule has 0 aliphatic carbocycles. The Morgan fingerprint density at radius 3 is 2.59 bits per heavy atom. The van der Waals surface area contributed by atoms with Crippen molar-refractivity contribution in [2.45, 2.75) is 33.2 Å². The van der Waals surface area contributed by atoms with E-state index in [2.05, 4.69) is 35.2 Å². The predicted octanol–water partition coefficient (Wildman–Crippen LogP) is 6.14. The second-order valence-electron chi connectivity index (χ2n) is 11.0. The highest BCUT2D eigenvalue weighted by atomic mass is 32.2. The minimum absolute atomic E-state index is 0.0625. The zero-order chi connectivity index (χ0) is 31.0. The molecule has 0 spiro atoms. The van der Waals surface area contributed by atoms with E-state index in [0.29, 0.717) is 51.4 Å². The van der Waals surface area contributed by atoms with Gasteiger partial charge in [-0.05, 0) is 65.9 Å². The van der Waals surface area contributed by atoms with Crippen molar-refractivity contribution >= 4 is 44.8 Å². The van der Waals surface area contributed by atoms with Gasteiger partial charge in [0.25, 0.3) is 0 Å². The molecular weight excluding hydrogens is 583 g/mol. The quantitative estimate of drug-likeness (QED) is 0.123. The van der Waals surface area contributed by atoms with Gasteiger partial charge in [0.05, 0.1) is 34.6 Å². The summed E-state index contributed by atoms with van der Waals surface area (Å²) in [6.07, 6.45) is 7.02. The van der Waals surface area contributed by atoms with Gasteiger partial charge in [0.1, 0.15) is 11.5 Å². The summed E-state index contributed by atoms with van der Waals surface area (Å²) in [4.78, 5) is 29.1. The smallest absolute Gasteiger partial charge is 0.232 e. The number of halogens is 1. The van der Waals surface area contributed by atoms with Gasteiger partial charge in [0.15, 0.2) is 5.82 Å². The van der Waals surface area contributed by atoms with Crippen molar-refractivity contribution in [3.05, 3.63) is 78.6 Å². The first kappa shape index (κ1) is 29.2. The number of carbonyl (C=O) groups is 1. The average Bonchev–Trinajstić information content (AvgIpc) is 3.60. The number of anilines is 1. The van der Waals surface area contributed by atoms with Crippen LogP contribution in [0.25, 0.3) is 55.7 Å². The van der Waals surface area contributed by atoms with Crippen LogP contribution in [0, 0.1) is 11.7 Å². The maximum atomic E-state index is 14.7. The third kappa shape index (κ3) is 6.11. The number of pyridine rings is 2. The van der Waals surface area contributed by atoms with Gasteiger partial charge < -0.3 is 10.3 Å². The van der Waals surface area contributed by atoms with Gasteiger partial charge in [0, 0.05) is 41.4 Å². The number of hydrogen-bond donors (Lipinski definition) is 5. The zero-order valence-corrected chi connectivity index (χ0v) is 24.9. The molecule has 2 atom stereocenters. The molecule has 224 valence electrons. The van der Waals surface area contributed by atoms with Crippen LogP contribution in [0.5, 0.6) is 0 Å². The molecule has 11 nitrogen and oxygen atoms in total. The average molecular weight is 613 g/mol. The summed E-state index contributed by atoms with van der Waals surface area (Å²) in [7, 11) is 0. The molecule has 0 radical (unpaired) electrons. The molecule has 0 fully saturated rings. The topological polar surface area (TPSA) is 162 Å². The van der Waals surface area contributed by atoms with E-state index in [-0.39, 0.29) is 11.8 Å². The number of carbonyl (C=O) groups excluding carboxylic acids is 1. The van der Waals surface area contributed by atoms with E-state index in [1.807, 2.05) is 38.1 Å². The van der Waals surface area contributed by atoms with E-state index in [1.54, 1.807) is 37.8 Å². The predicted molar refractivity (Wildman–Crippen MR) is 168 cm³/mol. The number of imidazole rings is 1. The maximum absolute atomic E-state index is 14.7. The highest BCUT2D eigenvalue weighted by molar-refractivity contribution is 7.77. The van der Waals surface area contributed by atoms with Crippen molar-refractivity contribution in [3.63, 3.8) is 0 Å². The Kier molecular flexibility index (Phi) is 7.99. The van der Waals surface area contributed by atoms with Crippen LogP contribution in [0.4, 0.5) is 10.1 Å². The summed E-state index contributed by atoms with van der Waals surface area (Å²) in [6.45, 7) is 5.66. The molecule has 13 heteroatoms. The number of H-pyrrole nitrogens is 2. The minimum atomic E-state index is -2.25. The van der Waals surface area contributed by atoms with Crippen LogP contribution in [-0.4, -0.2) is 44.8 Å². The molecule has 2 aromatic carbocycles. The number of aromatic nitrogens is 6. The number of amides is 1. The summed E-state index contributed by atoms with van der Waals surface area (Å²) >= 11 is -2.25. The Morgan fingerprint density at radius 2 is 1.80 bits per heavy atom. The van der Waals surface area contributed by atoms with E-state index >= 15 is 0 Å². The molecule has 0 saturated heterocycles. The largest absolute Gasteiger partial charge is 0.335 e. The Morgan fingerprint density at radius 1 is 0.977 bits per heavy atom. The molecule has 6 aromatic rings. The highest BCUT2D eigenvalue weighted by Gasteiger charge is 2.18. The minimum Gasteiger partial charge on any atom is -0.335 e. The van der Waals surface area contributed by atoms with Crippen LogP contribution >= 0.6 is 0 Å². The Labute approximate surface area is 254 Å². The van der Waals surface area contributed by atoms with Crippen LogP contribution in [0.15, 0.2) is 67.3 Å². The summed E-state index contributed by atoms with van der Waals surface area (Å²) in [6, 6.07) is 11.6. The molecule has 0 aliphatic heterocycles. The third-order valence-corrected chi connectivity index (χ3v) is 7.69. The lowest BCUT2D eigenvalue weighted by Gasteiger charge is -2.13. The first-order valence-corrected chi connectivity index (χ1v) is 15.0. The van der Waals surface area contributed by atoms with Crippen LogP contribution < -0.4 is 10.0 Å². The standard InChI is InChI=1S/C31H29FN8O3S/c1-16(2)6-28(41)35-23-10-21(12-33-13-23)18-4-5-26-24(11-18)30(39-38-26)31-36-27-15-34-14-25(29(27)37-31)20-7-19(8-22(32)9-20)17(3)40-44(42)43/h4-5,7-17,40H,6H2,1-3H3,(H,35,41)(H,36,37)(H,38,39)(H,42,43). The summed E-state index contributed by atoms with van der Waals surface area (Å²) in [5.41, 5.74) is 6.52. The number of hydrogen-bond acceptors (Lipinski definition) is 6. The van der Waals surface area contributed by atoms with Gasteiger partial charge >= 0.3 is 0 Å². The monoisotopic (exact) mass is 612 g/mol. The normalized spacial score (nSPS) is 13.0. The first-order valence-electron chi connectivity index (χ1n) is 13.9. The molecule has 5 N–H and O–H groups in total. The van der Waals surface area contributed by atoms with Crippen LogP contribution in [0.2, 0.25) is 0 Å². The van der Waals surface area contributed by atoms with Gasteiger partial charge in [-0.2, -0.15) is 5.10 Å². The molecule has 0 bridgehead atoms. The Balaban J connectivity index is 1.37. The van der Waals surface area contributed by atoms with Gasteiger partial charge in [-0.25, -0.2) is 18.3 Å². The zero-order valence-electron chi connectivity index (χ0n) is 24.1. The summed E-state index contributed by atoms with van der Waals surface area (Å²) in [5.74, 6) is 0.183. The first-order chi connectivity index (χ1) is 21.1. The Hall–Kier alpha value is -4.85. The number of aromatic amines is 2. The van der Waals surface area contributed by atoms with Gasteiger partial charge in [-0.3, -0.25) is 24.4 Å². The fourth-order valence-corrected chi connectivity index (χ4v) is 5.56. The van der Waals surface area contributed by atoms with Crippen molar-refractivity contribution in [2.24, 2.45) is 5.92 Å². The lowest BCUT2D eigenvalue weighted by molar-refractivity contribution is -0.116. The lowest BCUT2D eigenvalue weighted by Crippen LogP contribution is -2.20. The maximum Gasteiger partial charge on any atom is 0.232 e. The van der Waals surface area contributed by atoms with Crippen molar-refractivity contribution in [1.82, 2.24) is 34.9 Å². The Bertz CT molecular complexity index is 2040. The number of fused-ring (bicyclic) bond motifs is 2. The van der Waals surface area contributed by atoms with E-state index in [9.17, 15) is 17.9 Å². The molecule has 44 heavy (non-hydrogen) atoms.